The topological polar surface area (TPSA) is 80.4 Å². The Morgan fingerprint density at radius 2 is 1.62 bits per heavy atom. The number of hydrogen-bond donors (Lipinski definition) is 2. The van der Waals surface area contributed by atoms with E-state index in [1.807, 2.05) is 0 Å². The second-order valence-corrected chi connectivity index (χ2v) is 4.22. The minimum absolute atomic E-state index is 0. The van der Waals surface area contributed by atoms with Crippen molar-refractivity contribution in [1.82, 2.24) is 0 Å². The van der Waals surface area contributed by atoms with E-state index in [4.69, 9.17) is 10.8 Å². The third kappa shape index (κ3) is 10.1. The summed E-state index contributed by atoms with van der Waals surface area (Å²) < 4.78 is 0. The lowest BCUT2D eigenvalue weighted by Crippen LogP contribution is -2.23. The van der Waals surface area contributed by atoms with Gasteiger partial charge in [0.15, 0.2) is 0 Å². The predicted molar refractivity (Wildman–Crippen MR) is 68.2 cm³/mol. The maximum Gasteiger partial charge on any atom is 0.309 e. The average Bonchev–Trinajstić information content (AvgIpc) is 2.02. The van der Waals surface area contributed by atoms with Crippen LogP contribution in [-0.2, 0) is 9.59 Å². The van der Waals surface area contributed by atoms with Gasteiger partial charge in [-0.1, -0.05) is 12.8 Å². The van der Waals surface area contributed by atoms with Crippen molar-refractivity contribution in [3.05, 3.63) is 0 Å². The average molecular weight is 274 g/mol. The third-order valence-electron chi connectivity index (χ3n) is 2.30. The molecule has 0 aliphatic carbocycles. The van der Waals surface area contributed by atoms with Crippen LogP contribution in [0.1, 0.15) is 46.0 Å². The van der Waals surface area contributed by atoms with Gasteiger partial charge < -0.3 is 10.8 Å². The molecule has 0 aliphatic heterocycles. The number of aliphatic carboxylic acids is 1. The Hall–Kier alpha value is -0.480. The van der Waals surface area contributed by atoms with Gasteiger partial charge in [0.1, 0.15) is 0 Å². The summed E-state index contributed by atoms with van der Waals surface area (Å²) in [5.41, 5.74) is 4.32. The second kappa shape index (κ2) is 9.73. The van der Waals surface area contributed by atoms with Gasteiger partial charge in [0, 0.05) is 6.42 Å². The number of primary amides is 1. The molecule has 6 heteroatoms. The van der Waals surface area contributed by atoms with Gasteiger partial charge in [-0.3, -0.25) is 9.59 Å². The summed E-state index contributed by atoms with van der Waals surface area (Å²) >= 11 is 0. The predicted octanol–water partition coefficient (Wildman–Crippen LogP) is 2.38. The highest BCUT2D eigenvalue weighted by atomic mass is 35.5. The molecular weight excluding hydrogens is 253 g/mol. The van der Waals surface area contributed by atoms with Crippen LogP contribution in [0.15, 0.2) is 0 Å². The highest BCUT2D eigenvalue weighted by Gasteiger charge is 2.25. The molecule has 0 aromatic rings. The summed E-state index contributed by atoms with van der Waals surface area (Å²) in [7, 11) is 0. The summed E-state index contributed by atoms with van der Waals surface area (Å²) in [5, 5.41) is 8.81. The Morgan fingerprint density at radius 1 is 1.12 bits per heavy atom. The monoisotopic (exact) mass is 273 g/mol. The van der Waals surface area contributed by atoms with Crippen molar-refractivity contribution in [3.63, 3.8) is 0 Å². The zero-order valence-corrected chi connectivity index (χ0v) is 11.3. The Bertz CT molecular complexity index is 220. The van der Waals surface area contributed by atoms with Gasteiger partial charge in [-0.2, -0.15) is 0 Å². The molecule has 0 aromatic heterocycles. The number of carboxylic acid groups (broad SMARTS) is 1. The van der Waals surface area contributed by atoms with Crippen LogP contribution >= 0.6 is 24.8 Å². The maximum absolute atomic E-state index is 10.7. The van der Waals surface area contributed by atoms with E-state index < -0.39 is 11.4 Å². The lowest BCUT2D eigenvalue weighted by atomic mass is 9.87. The van der Waals surface area contributed by atoms with Crippen molar-refractivity contribution in [2.24, 2.45) is 11.1 Å². The molecule has 0 unspecified atom stereocenters. The molecule has 0 radical (unpaired) electrons. The molecule has 98 valence electrons. The van der Waals surface area contributed by atoms with E-state index >= 15 is 0 Å². The fraction of sp³-hybridized carbons (Fsp3) is 0.800. The molecule has 16 heavy (non-hydrogen) atoms. The molecule has 3 N–H and O–H groups in total. The fourth-order valence-corrected chi connectivity index (χ4v) is 1.15. The summed E-state index contributed by atoms with van der Waals surface area (Å²) in [6.45, 7) is 3.42. The van der Waals surface area contributed by atoms with E-state index in [0.29, 0.717) is 12.8 Å². The van der Waals surface area contributed by atoms with E-state index in [1.54, 1.807) is 13.8 Å². The van der Waals surface area contributed by atoms with E-state index in [9.17, 15) is 9.59 Å². The number of amides is 1. The van der Waals surface area contributed by atoms with Gasteiger partial charge in [-0.15, -0.1) is 24.8 Å². The van der Waals surface area contributed by atoms with Gasteiger partial charge in [-0.25, -0.2) is 0 Å². The molecule has 0 spiro atoms. The first-order chi connectivity index (χ1) is 6.36. The normalized spacial score (nSPS) is 9.88. The number of hydrogen-bond acceptors (Lipinski definition) is 2. The first-order valence-electron chi connectivity index (χ1n) is 4.88. The van der Waals surface area contributed by atoms with Crippen LogP contribution in [0.2, 0.25) is 0 Å². The van der Waals surface area contributed by atoms with Gasteiger partial charge in [0.2, 0.25) is 5.91 Å². The van der Waals surface area contributed by atoms with Crippen LogP contribution in [0.25, 0.3) is 0 Å². The van der Waals surface area contributed by atoms with Crippen LogP contribution in [0, 0.1) is 5.41 Å². The van der Waals surface area contributed by atoms with E-state index in [1.165, 1.54) is 0 Å². The first-order valence-corrected chi connectivity index (χ1v) is 4.88. The van der Waals surface area contributed by atoms with Crippen molar-refractivity contribution < 1.29 is 14.7 Å². The number of halogens is 2. The van der Waals surface area contributed by atoms with Crippen LogP contribution in [-0.4, -0.2) is 17.0 Å². The zero-order chi connectivity index (χ0) is 11.2. The van der Waals surface area contributed by atoms with Crippen molar-refractivity contribution >= 4 is 36.7 Å². The molecule has 0 saturated heterocycles. The van der Waals surface area contributed by atoms with Crippen LogP contribution < -0.4 is 5.73 Å². The molecule has 1 amide bonds. The molecule has 4 nitrogen and oxygen atoms in total. The molecule has 0 aromatic carbocycles. The standard InChI is InChI=1S/C10H19NO3.2ClH/c1-10(2,9(13)14)7-5-3-4-6-8(11)12;;/h3-7H2,1-2H3,(H2,11,12)(H,13,14);2*1H. The highest BCUT2D eigenvalue weighted by molar-refractivity contribution is 5.85. The minimum atomic E-state index is -0.771. The zero-order valence-electron chi connectivity index (χ0n) is 9.69. The maximum atomic E-state index is 10.7. The van der Waals surface area contributed by atoms with Crippen LogP contribution in [0.4, 0.5) is 0 Å². The van der Waals surface area contributed by atoms with E-state index in [-0.39, 0.29) is 30.7 Å². The smallest absolute Gasteiger partial charge is 0.309 e. The fourth-order valence-electron chi connectivity index (χ4n) is 1.15. The van der Waals surface area contributed by atoms with Gasteiger partial charge in [-0.05, 0) is 26.7 Å². The molecule has 0 saturated carbocycles. The quantitative estimate of drug-likeness (QED) is 0.699. The SMILES string of the molecule is CC(C)(CCCCCC(N)=O)C(=O)O.Cl.Cl. The first kappa shape index (κ1) is 20.9. The van der Waals surface area contributed by atoms with Crippen LogP contribution in [0.3, 0.4) is 0 Å². The molecule has 0 bridgehead atoms. The summed E-state index contributed by atoms with van der Waals surface area (Å²) in [4.78, 5) is 21.1. The van der Waals surface area contributed by atoms with Crippen molar-refractivity contribution in [1.29, 1.82) is 0 Å². The van der Waals surface area contributed by atoms with Crippen molar-refractivity contribution in [2.75, 3.05) is 0 Å². The number of carboxylic acids is 1. The second-order valence-electron chi connectivity index (χ2n) is 4.22. The summed E-state index contributed by atoms with van der Waals surface area (Å²) in [5.74, 6) is -1.06. The minimum Gasteiger partial charge on any atom is -0.481 e. The lowest BCUT2D eigenvalue weighted by molar-refractivity contribution is -0.147. The molecule has 0 atom stereocenters. The number of rotatable bonds is 7. The Balaban J connectivity index is -0.000000845. The third-order valence-corrected chi connectivity index (χ3v) is 2.30. The Kier molecular flexibility index (Phi) is 12.7. The summed E-state index contributed by atoms with van der Waals surface area (Å²) in [6, 6.07) is 0. The largest absolute Gasteiger partial charge is 0.481 e. The molecule has 0 rings (SSSR count). The van der Waals surface area contributed by atoms with Gasteiger partial charge in [0.05, 0.1) is 5.41 Å². The lowest BCUT2D eigenvalue weighted by Gasteiger charge is -2.18. The summed E-state index contributed by atoms with van der Waals surface area (Å²) in [6.07, 6.45) is 3.48. The molecule has 0 aliphatic rings. The highest BCUT2D eigenvalue weighted by Crippen LogP contribution is 2.23. The van der Waals surface area contributed by atoms with Gasteiger partial charge >= 0.3 is 5.97 Å². The number of carbonyl (C=O) groups excluding carboxylic acids is 1. The van der Waals surface area contributed by atoms with Crippen molar-refractivity contribution in [2.45, 2.75) is 46.0 Å². The van der Waals surface area contributed by atoms with Gasteiger partial charge in [0.25, 0.3) is 0 Å². The van der Waals surface area contributed by atoms with E-state index in [2.05, 4.69) is 0 Å². The molecular formula is C10H21Cl2NO3. The number of carbonyl (C=O) groups is 2. The van der Waals surface area contributed by atoms with E-state index in [0.717, 1.165) is 19.3 Å². The Morgan fingerprint density at radius 3 is 2.00 bits per heavy atom. The molecule has 0 fully saturated rings. The molecule has 0 heterocycles. The number of nitrogens with two attached hydrogens (primary N) is 1. The van der Waals surface area contributed by atoms with Crippen LogP contribution in [0.5, 0.6) is 0 Å². The van der Waals surface area contributed by atoms with Crippen molar-refractivity contribution in [3.8, 4) is 0 Å². The Labute approximate surface area is 109 Å². The number of unbranched alkanes of at least 4 members (excludes halogenated alkanes) is 2.